The van der Waals surface area contributed by atoms with Crippen molar-refractivity contribution in [3.63, 3.8) is 0 Å². The lowest BCUT2D eigenvalue weighted by molar-refractivity contribution is 0.246. The largest absolute Gasteiger partial charge is 0.370 e. The standard InChI is InChI=1S/C9H21N4O2P.2C2H6/c1-3-15-16(2,14)13-6-4-8(5-7-13)12-9(10)11;2*1-2/h8H,3-7H2,1-2H3,(H4,10,11,12);2*1-2H3. The van der Waals surface area contributed by atoms with E-state index in [2.05, 4.69) is 4.99 Å². The summed E-state index contributed by atoms with van der Waals surface area (Å²) in [4.78, 5) is 4.11. The number of nitrogens with two attached hydrogens (primary N) is 2. The van der Waals surface area contributed by atoms with Gasteiger partial charge in [0, 0.05) is 19.8 Å². The summed E-state index contributed by atoms with van der Waals surface area (Å²) in [5.74, 6) is 0.128. The van der Waals surface area contributed by atoms with E-state index in [9.17, 15) is 4.57 Å². The van der Waals surface area contributed by atoms with Crippen LogP contribution in [0.5, 0.6) is 0 Å². The Kier molecular flexibility index (Phi) is 13.2. The van der Waals surface area contributed by atoms with Crippen LogP contribution in [0.25, 0.3) is 0 Å². The summed E-state index contributed by atoms with van der Waals surface area (Å²) in [7, 11) is -2.61. The molecule has 1 saturated heterocycles. The van der Waals surface area contributed by atoms with Gasteiger partial charge in [0.2, 0.25) is 0 Å². The molecule has 122 valence electrons. The summed E-state index contributed by atoms with van der Waals surface area (Å²) in [6, 6.07) is 0.155. The van der Waals surface area contributed by atoms with E-state index >= 15 is 0 Å². The van der Waals surface area contributed by atoms with Crippen molar-refractivity contribution in [2.75, 3.05) is 26.4 Å². The molecule has 1 heterocycles. The maximum absolute atomic E-state index is 12.1. The molecule has 0 bridgehead atoms. The highest BCUT2D eigenvalue weighted by Crippen LogP contribution is 2.48. The van der Waals surface area contributed by atoms with Crippen LogP contribution >= 0.6 is 7.52 Å². The first-order valence-electron chi connectivity index (χ1n) is 7.52. The Balaban J connectivity index is 0. The number of hydrogen-bond acceptors (Lipinski definition) is 3. The van der Waals surface area contributed by atoms with Gasteiger partial charge in [-0.1, -0.05) is 27.7 Å². The van der Waals surface area contributed by atoms with Gasteiger partial charge in [-0.25, -0.2) is 4.67 Å². The third-order valence-corrected chi connectivity index (χ3v) is 4.82. The monoisotopic (exact) mass is 308 g/mol. The summed E-state index contributed by atoms with van der Waals surface area (Å²) in [6.07, 6.45) is 1.64. The third-order valence-electron chi connectivity index (χ3n) is 2.65. The van der Waals surface area contributed by atoms with Crippen LogP contribution in [-0.2, 0) is 9.09 Å². The van der Waals surface area contributed by atoms with Crippen LogP contribution in [0.2, 0.25) is 0 Å². The highest BCUT2D eigenvalue weighted by molar-refractivity contribution is 7.55. The van der Waals surface area contributed by atoms with Crippen LogP contribution in [0.4, 0.5) is 0 Å². The fourth-order valence-electron chi connectivity index (χ4n) is 1.88. The maximum Gasteiger partial charge on any atom is 0.269 e. The van der Waals surface area contributed by atoms with Crippen molar-refractivity contribution < 1.29 is 9.09 Å². The zero-order valence-electron chi connectivity index (χ0n) is 13.9. The molecule has 20 heavy (non-hydrogen) atoms. The normalized spacial score (nSPS) is 18.7. The Morgan fingerprint density at radius 2 is 1.70 bits per heavy atom. The number of guanidine groups is 1. The molecular weight excluding hydrogens is 275 g/mol. The molecule has 0 aromatic rings. The Hall–Kier alpha value is -0.580. The van der Waals surface area contributed by atoms with E-state index in [-0.39, 0.29) is 12.0 Å². The SMILES string of the molecule is CC.CC.CCOP(C)(=O)N1CCC(N=C(N)N)CC1. The summed E-state index contributed by atoms with van der Waals surface area (Å²) in [6.45, 7) is 13.4. The van der Waals surface area contributed by atoms with E-state index in [1.165, 1.54) is 0 Å². The first-order valence-corrected chi connectivity index (χ1v) is 9.54. The topological polar surface area (TPSA) is 93.9 Å². The molecule has 1 aliphatic rings. The second-order valence-corrected chi connectivity index (χ2v) is 6.39. The second-order valence-electron chi connectivity index (χ2n) is 3.96. The summed E-state index contributed by atoms with van der Waals surface area (Å²) < 4.78 is 19.3. The van der Waals surface area contributed by atoms with Gasteiger partial charge in [0.15, 0.2) is 5.96 Å². The molecule has 4 N–H and O–H groups in total. The molecule has 1 rings (SSSR count). The molecule has 0 aromatic carbocycles. The van der Waals surface area contributed by atoms with Crippen molar-refractivity contribution in [3.05, 3.63) is 0 Å². The Morgan fingerprint density at radius 3 is 2.05 bits per heavy atom. The van der Waals surface area contributed by atoms with Gasteiger partial charge in [0.25, 0.3) is 7.52 Å². The quantitative estimate of drug-likeness (QED) is 0.473. The molecule has 0 saturated carbocycles. The van der Waals surface area contributed by atoms with Crippen molar-refractivity contribution in [2.45, 2.75) is 53.5 Å². The molecule has 7 heteroatoms. The molecule has 1 fully saturated rings. The first-order chi connectivity index (χ1) is 9.45. The van der Waals surface area contributed by atoms with Crippen LogP contribution in [0.1, 0.15) is 47.5 Å². The van der Waals surface area contributed by atoms with Crippen molar-refractivity contribution in [3.8, 4) is 0 Å². The van der Waals surface area contributed by atoms with Crippen LogP contribution in [0.3, 0.4) is 0 Å². The van der Waals surface area contributed by atoms with Crippen LogP contribution in [0.15, 0.2) is 4.99 Å². The van der Waals surface area contributed by atoms with Gasteiger partial charge in [-0.2, -0.15) is 0 Å². The van der Waals surface area contributed by atoms with Crippen LogP contribution < -0.4 is 11.5 Å². The number of rotatable bonds is 4. The molecule has 0 amide bonds. The van der Waals surface area contributed by atoms with E-state index in [1.807, 2.05) is 39.3 Å². The molecule has 1 unspecified atom stereocenters. The minimum atomic E-state index is -2.61. The van der Waals surface area contributed by atoms with E-state index in [0.29, 0.717) is 6.61 Å². The first kappa shape index (κ1) is 21.7. The molecule has 1 atom stereocenters. The molecule has 0 radical (unpaired) electrons. The Morgan fingerprint density at radius 1 is 1.25 bits per heavy atom. The van der Waals surface area contributed by atoms with E-state index < -0.39 is 7.52 Å². The van der Waals surface area contributed by atoms with Gasteiger partial charge in [0.1, 0.15) is 0 Å². The number of nitrogens with zero attached hydrogens (tertiary/aromatic N) is 2. The van der Waals surface area contributed by atoms with Crippen molar-refractivity contribution in [2.24, 2.45) is 16.5 Å². The van der Waals surface area contributed by atoms with Gasteiger partial charge >= 0.3 is 0 Å². The zero-order chi connectivity index (χ0) is 16.2. The van der Waals surface area contributed by atoms with Gasteiger partial charge < -0.3 is 16.0 Å². The average Bonchev–Trinajstić information content (AvgIpc) is 2.43. The average molecular weight is 308 g/mol. The van der Waals surface area contributed by atoms with Gasteiger partial charge in [-0.15, -0.1) is 0 Å². The summed E-state index contributed by atoms with van der Waals surface area (Å²) in [5.41, 5.74) is 10.7. The van der Waals surface area contributed by atoms with Crippen LogP contribution in [0, 0.1) is 0 Å². The van der Waals surface area contributed by atoms with Gasteiger partial charge in [-0.05, 0) is 19.8 Å². The summed E-state index contributed by atoms with van der Waals surface area (Å²) in [5, 5.41) is 0. The summed E-state index contributed by atoms with van der Waals surface area (Å²) >= 11 is 0. The molecule has 0 aliphatic carbocycles. The van der Waals surface area contributed by atoms with Crippen molar-refractivity contribution >= 4 is 13.5 Å². The Bertz CT molecular complexity index is 299. The lowest BCUT2D eigenvalue weighted by Crippen LogP contribution is -2.35. The fourth-order valence-corrected chi connectivity index (χ4v) is 3.48. The Labute approximate surface area is 124 Å². The molecule has 0 aromatic heterocycles. The van der Waals surface area contributed by atoms with Crippen LogP contribution in [-0.4, -0.2) is 43.0 Å². The van der Waals surface area contributed by atoms with Crippen molar-refractivity contribution in [1.29, 1.82) is 0 Å². The minimum absolute atomic E-state index is 0.128. The minimum Gasteiger partial charge on any atom is -0.370 e. The smallest absolute Gasteiger partial charge is 0.269 e. The van der Waals surface area contributed by atoms with Gasteiger partial charge in [0.05, 0.1) is 12.6 Å². The highest BCUT2D eigenvalue weighted by atomic mass is 31.2. The molecule has 1 aliphatic heterocycles. The van der Waals surface area contributed by atoms with Gasteiger partial charge in [-0.3, -0.25) is 9.56 Å². The van der Waals surface area contributed by atoms with E-state index in [0.717, 1.165) is 25.9 Å². The number of hydrogen-bond donors (Lipinski definition) is 2. The number of aliphatic imine (C=N–C) groups is 1. The number of piperidine rings is 1. The molecule has 6 nitrogen and oxygen atoms in total. The van der Waals surface area contributed by atoms with E-state index in [1.54, 1.807) is 6.66 Å². The predicted octanol–water partition coefficient (Wildman–Crippen LogP) is 2.64. The third kappa shape index (κ3) is 8.56. The van der Waals surface area contributed by atoms with E-state index in [4.69, 9.17) is 16.0 Å². The highest BCUT2D eigenvalue weighted by Gasteiger charge is 2.30. The lowest BCUT2D eigenvalue weighted by Gasteiger charge is -2.33. The maximum atomic E-state index is 12.1. The fraction of sp³-hybridized carbons (Fsp3) is 0.923. The molecular formula is C13H33N4O2P. The van der Waals surface area contributed by atoms with Crippen molar-refractivity contribution in [1.82, 2.24) is 4.67 Å². The zero-order valence-corrected chi connectivity index (χ0v) is 14.8. The second kappa shape index (κ2) is 12.2. The lowest BCUT2D eigenvalue weighted by atomic mass is 10.1. The predicted molar refractivity (Wildman–Crippen MR) is 88.3 cm³/mol. The molecule has 0 spiro atoms.